The fourth-order valence-corrected chi connectivity index (χ4v) is 7.25. The van der Waals surface area contributed by atoms with Crippen LogP contribution < -0.4 is 4.90 Å². The molecular formula is C32H37F5N6O. The number of hydrogen-bond acceptors (Lipinski definition) is 5. The van der Waals surface area contributed by atoms with Crippen LogP contribution in [-0.2, 0) is 38.1 Å². The van der Waals surface area contributed by atoms with Gasteiger partial charge in [0.05, 0.1) is 12.1 Å². The van der Waals surface area contributed by atoms with Crippen molar-refractivity contribution in [2.75, 3.05) is 31.6 Å². The van der Waals surface area contributed by atoms with E-state index in [0.717, 1.165) is 19.6 Å². The summed E-state index contributed by atoms with van der Waals surface area (Å²) in [5.41, 5.74) is -0.326. The predicted octanol–water partition coefficient (Wildman–Crippen LogP) is 5.68. The lowest BCUT2D eigenvalue weighted by Crippen LogP contribution is -2.53. The number of fused-ring (bicyclic) bond motifs is 1. The van der Waals surface area contributed by atoms with E-state index in [-0.39, 0.29) is 30.1 Å². The average molecular weight is 617 g/mol. The number of amides is 1. The predicted molar refractivity (Wildman–Crippen MR) is 155 cm³/mol. The van der Waals surface area contributed by atoms with E-state index >= 15 is 0 Å². The molecule has 0 bridgehead atoms. The minimum atomic E-state index is -4.64. The molecule has 7 nitrogen and oxygen atoms in total. The largest absolute Gasteiger partial charge is 0.416 e. The number of aromatic nitrogens is 3. The Morgan fingerprint density at radius 2 is 1.82 bits per heavy atom. The van der Waals surface area contributed by atoms with Gasteiger partial charge in [-0.3, -0.25) is 9.69 Å². The zero-order valence-corrected chi connectivity index (χ0v) is 25.3. The van der Waals surface area contributed by atoms with Crippen LogP contribution in [0.4, 0.5) is 27.6 Å². The number of rotatable bonds is 7. The minimum absolute atomic E-state index is 0.0405. The Morgan fingerprint density at radius 3 is 2.45 bits per heavy atom. The molecule has 6 rings (SSSR count). The summed E-state index contributed by atoms with van der Waals surface area (Å²) in [6, 6.07) is 9.79. The molecule has 3 heterocycles. The molecule has 2 aromatic carbocycles. The third-order valence-corrected chi connectivity index (χ3v) is 9.63. The summed E-state index contributed by atoms with van der Waals surface area (Å²) in [7, 11) is 3.81. The zero-order valence-electron chi connectivity index (χ0n) is 25.3. The maximum Gasteiger partial charge on any atom is 0.416 e. The number of piperazine rings is 1. The third-order valence-electron chi connectivity index (χ3n) is 9.63. The highest BCUT2D eigenvalue weighted by atomic mass is 19.4. The van der Waals surface area contributed by atoms with E-state index in [2.05, 4.69) is 40.9 Å². The zero-order chi connectivity index (χ0) is 31.6. The highest BCUT2D eigenvalue weighted by molar-refractivity contribution is 6.10. The number of aryl methyl sites for hydroxylation is 1. The molecule has 0 radical (unpaired) electrons. The number of carbonyl (C=O) groups is 1. The molecule has 1 aliphatic carbocycles. The second kappa shape index (κ2) is 10.9. The van der Waals surface area contributed by atoms with Crippen LogP contribution in [0.25, 0.3) is 0 Å². The van der Waals surface area contributed by atoms with Gasteiger partial charge in [0.2, 0.25) is 5.92 Å². The van der Waals surface area contributed by atoms with Crippen molar-refractivity contribution < 1.29 is 26.7 Å². The van der Waals surface area contributed by atoms with Crippen LogP contribution in [0.2, 0.25) is 0 Å². The van der Waals surface area contributed by atoms with E-state index in [1.165, 1.54) is 17.3 Å². The number of benzene rings is 2. The number of likely N-dealkylation sites (N-methyl/N-ethyl adjacent to an activating group) is 1. The maximum atomic E-state index is 14.4. The van der Waals surface area contributed by atoms with Gasteiger partial charge in [-0.2, -0.15) is 13.2 Å². The van der Waals surface area contributed by atoms with Gasteiger partial charge < -0.3 is 14.4 Å². The topological polar surface area (TPSA) is 57.5 Å². The Kier molecular flexibility index (Phi) is 7.59. The summed E-state index contributed by atoms with van der Waals surface area (Å²) in [5.74, 6) is -2.42. The Bertz CT molecular complexity index is 1560. The molecule has 0 unspecified atom stereocenters. The van der Waals surface area contributed by atoms with E-state index in [9.17, 15) is 26.7 Å². The normalized spacial score (nSPS) is 22.0. The molecular weight excluding hydrogens is 579 g/mol. The number of nitrogens with zero attached hydrogens (tertiary/aromatic N) is 6. The molecule has 3 aliphatic rings. The van der Waals surface area contributed by atoms with Crippen LogP contribution in [0.15, 0.2) is 42.7 Å². The molecule has 1 saturated carbocycles. The first kappa shape index (κ1) is 30.6. The van der Waals surface area contributed by atoms with Crippen molar-refractivity contribution >= 4 is 11.6 Å². The summed E-state index contributed by atoms with van der Waals surface area (Å²) < 4.78 is 73.5. The number of hydrogen-bond donors (Lipinski definition) is 0. The summed E-state index contributed by atoms with van der Waals surface area (Å²) in [4.78, 5) is 19.5. The molecule has 1 amide bonds. The van der Waals surface area contributed by atoms with Gasteiger partial charge in [-0.05, 0) is 53.9 Å². The molecule has 12 heteroatoms. The summed E-state index contributed by atoms with van der Waals surface area (Å²) in [5, 5.41) is 7.95. The number of anilines is 1. The molecule has 1 saturated heterocycles. The first-order valence-corrected chi connectivity index (χ1v) is 14.9. The van der Waals surface area contributed by atoms with Crippen LogP contribution in [0, 0.1) is 5.92 Å². The molecule has 1 atom stereocenters. The standard InChI is InChI=1S/C32H37F5N6O/c1-20(2)27-16-42(9-8-40(27)3)14-21-10-24-25(26(11-21)32(35,36)37)15-43(29(24)44)23-7-5-6-22(12-23)30(17-31(33,34)18-30)13-28-39-38-19-41(28)4/h5-7,10-12,19-20,27H,8-9,13-18H2,1-4H3/t27-/m0/s1. The Morgan fingerprint density at radius 1 is 1.07 bits per heavy atom. The molecule has 0 spiro atoms. The van der Waals surface area contributed by atoms with Crippen LogP contribution in [0.1, 0.15) is 65.1 Å². The van der Waals surface area contributed by atoms with Crippen LogP contribution >= 0.6 is 0 Å². The summed E-state index contributed by atoms with van der Waals surface area (Å²) in [6.45, 7) is 6.61. The molecule has 44 heavy (non-hydrogen) atoms. The first-order valence-electron chi connectivity index (χ1n) is 14.9. The van der Waals surface area contributed by atoms with Crippen LogP contribution in [0.3, 0.4) is 0 Å². The highest BCUT2D eigenvalue weighted by Gasteiger charge is 2.57. The van der Waals surface area contributed by atoms with Gasteiger partial charge in [-0.15, -0.1) is 10.2 Å². The maximum absolute atomic E-state index is 14.4. The first-order chi connectivity index (χ1) is 20.7. The number of alkyl halides is 5. The van der Waals surface area contributed by atoms with Crippen molar-refractivity contribution in [2.45, 2.75) is 69.8 Å². The van der Waals surface area contributed by atoms with Crippen molar-refractivity contribution in [3.63, 3.8) is 0 Å². The summed E-state index contributed by atoms with van der Waals surface area (Å²) >= 11 is 0. The Hall–Kier alpha value is -3.38. The second-order valence-electron chi connectivity index (χ2n) is 13.2. The van der Waals surface area contributed by atoms with E-state index in [1.807, 2.05) is 0 Å². The lowest BCUT2D eigenvalue weighted by atomic mass is 9.60. The SMILES string of the molecule is CC(C)[C@@H]1CN(Cc2cc3c(c(C(F)(F)F)c2)CN(c2cccc(C4(Cc5nncn5C)CC(F)(F)C4)c2)C3=O)CCN1C. The van der Waals surface area contributed by atoms with Crippen LogP contribution in [0.5, 0.6) is 0 Å². The number of halogens is 5. The Balaban J connectivity index is 1.30. The average Bonchev–Trinajstić information content (AvgIpc) is 3.49. The van der Waals surface area contributed by atoms with Gasteiger partial charge in [-0.25, -0.2) is 8.78 Å². The molecule has 1 aromatic heterocycles. The second-order valence-corrected chi connectivity index (χ2v) is 13.2. The van der Waals surface area contributed by atoms with Gasteiger partial charge in [0.25, 0.3) is 5.91 Å². The van der Waals surface area contributed by atoms with Crippen LogP contribution in [-0.4, -0.2) is 69.1 Å². The van der Waals surface area contributed by atoms with Gasteiger partial charge in [0.15, 0.2) is 0 Å². The quantitative estimate of drug-likeness (QED) is 0.320. The smallest absolute Gasteiger partial charge is 0.321 e. The van der Waals surface area contributed by atoms with Crippen molar-refractivity contribution in [1.29, 1.82) is 0 Å². The molecule has 2 aliphatic heterocycles. The van der Waals surface area contributed by atoms with Crippen molar-refractivity contribution in [1.82, 2.24) is 24.6 Å². The van der Waals surface area contributed by atoms with Gasteiger partial charge in [0.1, 0.15) is 12.2 Å². The van der Waals surface area contributed by atoms with Crippen molar-refractivity contribution in [2.24, 2.45) is 13.0 Å². The van der Waals surface area contributed by atoms with Gasteiger partial charge in [0, 0.05) is 75.2 Å². The lowest BCUT2D eigenvalue weighted by Gasteiger charge is -2.48. The molecule has 2 fully saturated rings. The molecule has 236 valence electrons. The van der Waals surface area contributed by atoms with E-state index < -0.39 is 41.8 Å². The highest BCUT2D eigenvalue weighted by Crippen LogP contribution is 2.55. The monoisotopic (exact) mass is 616 g/mol. The minimum Gasteiger partial charge on any atom is -0.321 e. The lowest BCUT2D eigenvalue weighted by molar-refractivity contribution is -0.138. The van der Waals surface area contributed by atoms with Gasteiger partial charge >= 0.3 is 6.18 Å². The summed E-state index contributed by atoms with van der Waals surface area (Å²) in [6.07, 6.45) is -3.69. The van der Waals surface area contributed by atoms with Gasteiger partial charge in [-0.1, -0.05) is 26.0 Å². The fourth-order valence-electron chi connectivity index (χ4n) is 7.25. The van der Waals surface area contributed by atoms with E-state index in [1.54, 1.807) is 41.9 Å². The molecule has 3 aromatic rings. The van der Waals surface area contributed by atoms with E-state index in [0.29, 0.717) is 35.1 Å². The Labute approximate surface area is 253 Å². The third kappa shape index (κ3) is 5.62. The van der Waals surface area contributed by atoms with E-state index in [4.69, 9.17) is 0 Å². The van der Waals surface area contributed by atoms with Crippen molar-refractivity contribution in [3.8, 4) is 0 Å². The van der Waals surface area contributed by atoms with Crippen molar-refractivity contribution in [3.05, 3.63) is 76.4 Å². The fraction of sp³-hybridized carbons (Fsp3) is 0.531. The molecule has 0 N–H and O–H groups in total. The number of carbonyl (C=O) groups excluding carboxylic acids is 1.